The van der Waals surface area contributed by atoms with Gasteiger partial charge in [-0.3, -0.25) is 24.5 Å². The molecule has 3 heterocycles. The number of aromatic nitrogens is 6. The zero-order valence-electron chi connectivity index (χ0n) is 12.9. The van der Waals surface area contributed by atoms with Crippen molar-refractivity contribution in [3.05, 3.63) is 88.2 Å². The molecule has 3 aromatic heterocycles. The number of halogens is 3. The Kier molecular flexibility index (Phi) is 7.23. The molecule has 0 radical (unpaired) electrons. The maximum atomic E-state index is 12.1. The summed E-state index contributed by atoms with van der Waals surface area (Å²) in [6.45, 7) is 0. The standard InChI is InChI=1S/C4H4FN3O.2C4H3FN2O2/c5-2-1-7-4(9)8-3(2)6;2*5-2-1-6-4(9)7-3(2)8/h1H,(H3,6,7,8,9);2*1H,(H2,6,7,8,9). The summed E-state index contributed by atoms with van der Waals surface area (Å²) in [7, 11) is 0. The normalized spacial score (nSPS) is 9.44. The second kappa shape index (κ2) is 9.35. The van der Waals surface area contributed by atoms with E-state index in [1.54, 1.807) is 9.97 Å². The van der Waals surface area contributed by atoms with Crippen LogP contribution in [0.15, 0.2) is 42.6 Å². The second-order valence-electron chi connectivity index (χ2n) is 4.29. The van der Waals surface area contributed by atoms with Gasteiger partial charge in [0.2, 0.25) is 11.6 Å². The van der Waals surface area contributed by atoms with Crippen LogP contribution in [0.3, 0.4) is 0 Å². The quantitative estimate of drug-likeness (QED) is 0.252. The van der Waals surface area contributed by atoms with Gasteiger partial charge in [-0.2, -0.15) is 13.8 Å². The summed E-state index contributed by atoms with van der Waals surface area (Å²) in [5.74, 6) is -2.98. The lowest BCUT2D eigenvalue weighted by Crippen LogP contribution is -2.23. The van der Waals surface area contributed by atoms with Crippen molar-refractivity contribution in [2.24, 2.45) is 0 Å². The summed E-state index contributed by atoms with van der Waals surface area (Å²) in [6.07, 6.45) is 2.19. The first-order valence-electron chi connectivity index (χ1n) is 6.55. The van der Waals surface area contributed by atoms with E-state index in [0.29, 0.717) is 12.4 Å². The number of hydrogen-bond acceptors (Lipinski definition) is 7. The van der Waals surface area contributed by atoms with Crippen LogP contribution in [0.5, 0.6) is 0 Å². The summed E-state index contributed by atoms with van der Waals surface area (Å²) in [5.41, 5.74) is 0.889. The van der Waals surface area contributed by atoms with E-state index >= 15 is 0 Å². The fourth-order valence-electron chi connectivity index (χ4n) is 1.18. The van der Waals surface area contributed by atoms with E-state index in [1.165, 1.54) is 0 Å². The predicted octanol–water partition coefficient (Wildman–Crippen LogP) is -2.10. The van der Waals surface area contributed by atoms with Gasteiger partial charge in [0.05, 0.1) is 6.20 Å². The first kappa shape index (κ1) is 20.9. The Morgan fingerprint density at radius 1 is 0.741 bits per heavy atom. The fraction of sp³-hybridized carbons (Fsp3) is 0. The van der Waals surface area contributed by atoms with E-state index in [9.17, 15) is 37.1 Å². The van der Waals surface area contributed by atoms with Gasteiger partial charge in [0.15, 0.2) is 5.82 Å². The van der Waals surface area contributed by atoms with E-state index < -0.39 is 45.6 Å². The molecule has 0 amide bonds. The molecule has 3 rings (SSSR count). The highest BCUT2D eigenvalue weighted by Gasteiger charge is 1.96. The second-order valence-corrected chi connectivity index (χ2v) is 4.29. The zero-order chi connectivity index (χ0) is 20.6. The molecule has 0 aromatic carbocycles. The highest BCUT2D eigenvalue weighted by molar-refractivity contribution is 5.25. The average Bonchev–Trinajstić information content (AvgIpc) is 2.60. The summed E-state index contributed by atoms with van der Waals surface area (Å²) in [4.78, 5) is 63.3. The van der Waals surface area contributed by atoms with Crippen LogP contribution in [-0.2, 0) is 0 Å². The third-order valence-electron chi connectivity index (χ3n) is 2.34. The van der Waals surface area contributed by atoms with E-state index in [1.807, 2.05) is 15.0 Å². The van der Waals surface area contributed by atoms with Gasteiger partial charge in [-0.15, -0.1) is 0 Å². The van der Waals surface area contributed by atoms with Gasteiger partial charge in [0.1, 0.15) is 5.82 Å². The van der Waals surface area contributed by atoms with Crippen molar-refractivity contribution in [1.29, 1.82) is 0 Å². The highest BCUT2D eigenvalue weighted by atomic mass is 19.1. The number of aromatic amines is 5. The van der Waals surface area contributed by atoms with Crippen molar-refractivity contribution in [3.8, 4) is 0 Å². The fourth-order valence-corrected chi connectivity index (χ4v) is 1.18. The van der Waals surface area contributed by atoms with Crippen molar-refractivity contribution in [2.45, 2.75) is 0 Å². The van der Waals surface area contributed by atoms with Crippen molar-refractivity contribution in [3.63, 3.8) is 0 Å². The minimum absolute atomic E-state index is 0.282. The lowest BCUT2D eigenvalue weighted by Gasteiger charge is -1.89. The third-order valence-corrected chi connectivity index (χ3v) is 2.34. The Hall–Kier alpha value is -4.17. The minimum Gasteiger partial charge on any atom is -0.383 e. The van der Waals surface area contributed by atoms with Crippen LogP contribution >= 0.6 is 0 Å². The van der Waals surface area contributed by atoms with Gasteiger partial charge in [-0.05, 0) is 0 Å². The first-order valence-corrected chi connectivity index (χ1v) is 6.55. The Bertz CT molecular complexity index is 1130. The lowest BCUT2D eigenvalue weighted by molar-refractivity contribution is 0.596. The minimum atomic E-state index is -1.00. The number of nitrogen functional groups attached to an aromatic ring is 1. The maximum absolute atomic E-state index is 12.1. The van der Waals surface area contributed by atoms with Crippen molar-refractivity contribution in [1.82, 2.24) is 29.9 Å². The van der Waals surface area contributed by atoms with Gasteiger partial charge in [0.25, 0.3) is 11.1 Å². The first-order chi connectivity index (χ1) is 12.6. The van der Waals surface area contributed by atoms with Gasteiger partial charge in [-0.25, -0.2) is 18.8 Å². The summed E-state index contributed by atoms with van der Waals surface area (Å²) >= 11 is 0. The van der Waals surface area contributed by atoms with Crippen LogP contribution in [0, 0.1) is 17.5 Å². The number of H-pyrrole nitrogens is 5. The van der Waals surface area contributed by atoms with Crippen molar-refractivity contribution >= 4 is 5.82 Å². The smallest absolute Gasteiger partial charge is 0.346 e. The van der Waals surface area contributed by atoms with E-state index in [2.05, 4.69) is 4.98 Å². The van der Waals surface area contributed by atoms with Crippen LogP contribution < -0.4 is 33.9 Å². The number of anilines is 1. The molecule has 0 aliphatic carbocycles. The van der Waals surface area contributed by atoms with E-state index in [-0.39, 0.29) is 5.82 Å². The molecule has 0 aliphatic rings. The van der Waals surface area contributed by atoms with Crippen molar-refractivity contribution < 1.29 is 13.2 Å². The van der Waals surface area contributed by atoms with Crippen LogP contribution in [0.4, 0.5) is 19.0 Å². The molecular weight excluding hydrogens is 379 g/mol. The molecule has 0 unspecified atom stereocenters. The SMILES string of the molecule is Nc1[nH]c(=O)ncc1F.O=c1[nH]cc(F)c(=O)[nH]1.O=c1[nH]cc(F)c(=O)[nH]1. The van der Waals surface area contributed by atoms with Crippen LogP contribution in [0.1, 0.15) is 0 Å². The molecule has 0 bridgehead atoms. The van der Waals surface area contributed by atoms with Crippen LogP contribution in [-0.4, -0.2) is 29.9 Å². The molecule has 0 saturated heterocycles. The summed E-state index contributed by atoms with van der Waals surface area (Å²) < 4.78 is 36.1. The Morgan fingerprint density at radius 2 is 1.19 bits per heavy atom. The monoisotopic (exact) mass is 389 g/mol. The molecule has 15 heteroatoms. The molecule has 144 valence electrons. The highest BCUT2D eigenvalue weighted by Crippen LogP contribution is 1.96. The topological polar surface area (TPSA) is 203 Å². The molecule has 0 spiro atoms. The van der Waals surface area contributed by atoms with Gasteiger partial charge in [0, 0.05) is 12.4 Å². The Morgan fingerprint density at radius 3 is 1.48 bits per heavy atom. The molecule has 0 aliphatic heterocycles. The number of hydrogen-bond donors (Lipinski definition) is 6. The number of nitrogens with zero attached hydrogens (tertiary/aromatic N) is 1. The number of nitrogens with one attached hydrogen (secondary N) is 5. The third kappa shape index (κ3) is 7.08. The predicted molar refractivity (Wildman–Crippen MR) is 84.5 cm³/mol. The lowest BCUT2D eigenvalue weighted by atomic mass is 10.6. The number of nitrogens with two attached hydrogens (primary N) is 1. The largest absolute Gasteiger partial charge is 0.383 e. The Balaban J connectivity index is 0.000000202. The van der Waals surface area contributed by atoms with Crippen LogP contribution in [0.25, 0.3) is 0 Å². The molecule has 0 fully saturated rings. The van der Waals surface area contributed by atoms with Crippen molar-refractivity contribution in [2.75, 3.05) is 5.73 Å². The maximum Gasteiger partial charge on any atom is 0.346 e. The molecule has 0 atom stereocenters. The summed E-state index contributed by atoms with van der Waals surface area (Å²) in [6, 6.07) is 0. The molecule has 7 N–H and O–H groups in total. The van der Waals surface area contributed by atoms with E-state index in [0.717, 1.165) is 6.20 Å². The zero-order valence-corrected chi connectivity index (χ0v) is 12.9. The average molecular weight is 389 g/mol. The van der Waals surface area contributed by atoms with Crippen LogP contribution in [0.2, 0.25) is 0 Å². The molecule has 12 nitrogen and oxygen atoms in total. The van der Waals surface area contributed by atoms with Gasteiger partial charge in [-0.1, -0.05) is 0 Å². The molecule has 3 aromatic rings. The number of rotatable bonds is 0. The van der Waals surface area contributed by atoms with E-state index in [4.69, 9.17) is 5.73 Å². The molecular formula is C12H10F3N7O5. The summed E-state index contributed by atoms with van der Waals surface area (Å²) in [5, 5.41) is 0. The molecule has 0 saturated carbocycles. The Labute approximate surface area is 144 Å². The van der Waals surface area contributed by atoms with Gasteiger partial charge >= 0.3 is 17.1 Å². The molecule has 27 heavy (non-hydrogen) atoms. The van der Waals surface area contributed by atoms with Gasteiger partial charge < -0.3 is 15.7 Å².